The van der Waals surface area contributed by atoms with Gasteiger partial charge >= 0.3 is 17.9 Å². The first kappa shape index (κ1) is 31.6. The molecule has 34 heavy (non-hydrogen) atoms. The van der Waals surface area contributed by atoms with Crippen LogP contribution in [-0.2, 0) is 35.2 Å². The number of carbonyl (C=O) groups is 3. The maximum atomic E-state index is 11.6. The smallest absolute Gasteiger partial charge is 0.311 e. The van der Waals surface area contributed by atoms with Crippen LogP contribution >= 0.6 is 0 Å². The van der Waals surface area contributed by atoms with Crippen molar-refractivity contribution >= 4 is 17.9 Å². The van der Waals surface area contributed by atoms with Gasteiger partial charge in [-0.1, -0.05) is 50.6 Å². The van der Waals surface area contributed by atoms with Gasteiger partial charge < -0.3 is 19.3 Å². The van der Waals surface area contributed by atoms with E-state index in [2.05, 4.69) is 0 Å². The van der Waals surface area contributed by atoms with Crippen LogP contribution in [0.15, 0.2) is 30.3 Å². The molecule has 0 radical (unpaired) electrons. The van der Waals surface area contributed by atoms with Crippen molar-refractivity contribution in [2.24, 2.45) is 10.8 Å². The summed E-state index contributed by atoms with van der Waals surface area (Å²) in [5, 5.41) is 8.58. The summed E-state index contributed by atoms with van der Waals surface area (Å²) in [6.45, 7) is 12.1. The van der Waals surface area contributed by atoms with Crippen molar-refractivity contribution in [3.8, 4) is 0 Å². The Morgan fingerprint density at radius 3 is 1.82 bits per heavy atom. The van der Waals surface area contributed by atoms with Crippen molar-refractivity contribution < 1.29 is 33.7 Å². The third-order valence-corrected chi connectivity index (χ3v) is 5.70. The second-order valence-electron chi connectivity index (χ2n) is 9.43. The van der Waals surface area contributed by atoms with E-state index in [1.54, 1.807) is 0 Å². The van der Waals surface area contributed by atoms with E-state index < -0.39 is 5.41 Å². The summed E-state index contributed by atoms with van der Waals surface area (Å²) in [6.07, 6.45) is 4.07. The number of esters is 3. The van der Waals surface area contributed by atoms with Gasteiger partial charge in [0.15, 0.2) is 0 Å². The number of ether oxygens (including phenoxy) is 3. The van der Waals surface area contributed by atoms with Crippen molar-refractivity contribution in [3.05, 3.63) is 35.9 Å². The van der Waals surface area contributed by atoms with Crippen molar-refractivity contribution in [2.75, 3.05) is 19.8 Å². The third kappa shape index (κ3) is 14.0. The summed E-state index contributed by atoms with van der Waals surface area (Å²) >= 11 is 0. The summed E-state index contributed by atoms with van der Waals surface area (Å²) in [4.78, 5) is 34.5. The van der Waals surface area contributed by atoms with Gasteiger partial charge in [0.2, 0.25) is 0 Å². The highest BCUT2D eigenvalue weighted by Crippen LogP contribution is 2.22. The topological polar surface area (TPSA) is 99.1 Å². The van der Waals surface area contributed by atoms with E-state index in [9.17, 15) is 14.4 Å². The molecule has 0 unspecified atom stereocenters. The number of hydrogen-bond donors (Lipinski definition) is 1. The molecule has 0 aliphatic heterocycles. The first-order valence-corrected chi connectivity index (χ1v) is 12.1. The number of aliphatic hydroxyl groups is 1. The molecule has 7 heteroatoms. The van der Waals surface area contributed by atoms with Gasteiger partial charge in [-0.3, -0.25) is 14.4 Å². The van der Waals surface area contributed by atoms with Crippen LogP contribution in [0.3, 0.4) is 0 Å². The van der Waals surface area contributed by atoms with Crippen LogP contribution < -0.4 is 0 Å². The molecular weight excluding hydrogens is 436 g/mol. The Labute approximate surface area is 205 Å². The molecule has 0 fully saturated rings. The summed E-state index contributed by atoms with van der Waals surface area (Å²) in [6, 6.07) is 9.72. The zero-order valence-electron chi connectivity index (χ0n) is 21.9. The molecule has 0 spiro atoms. The fourth-order valence-electron chi connectivity index (χ4n) is 2.32. The molecular formula is C27H44O7. The minimum atomic E-state index is -0.492. The van der Waals surface area contributed by atoms with Gasteiger partial charge in [-0.25, -0.2) is 0 Å². The molecule has 1 aromatic carbocycles. The Bertz CT molecular complexity index is 711. The second-order valence-corrected chi connectivity index (χ2v) is 9.43. The summed E-state index contributed by atoms with van der Waals surface area (Å²) in [5.41, 5.74) is 0.154. The molecule has 0 saturated heterocycles. The quantitative estimate of drug-likeness (QED) is 0.221. The van der Waals surface area contributed by atoms with Crippen LogP contribution in [0.4, 0.5) is 0 Å². The number of rotatable bonds is 14. The predicted molar refractivity (Wildman–Crippen MR) is 132 cm³/mol. The number of benzene rings is 1. The molecule has 1 rings (SSSR count). The molecule has 1 aromatic rings. The Balaban J connectivity index is 0.000000657. The Kier molecular flexibility index (Phi) is 15.9. The highest BCUT2D eigenvalue weighted by Gasteiger charge is 2.27. The van der Waals surface area contributed by atoms with Gasteiger partial charge in [0, 0.05) is 13.0 Å². The van der Waals surface area contributed by atoms with Crippen molar-refractivity contribution in [3.63, 3.8) is 0 Å². The lowest BCUT2D eigenvalue weighted by atomic mass is 9.91. The molecule has 0 atom stereocenters. The van der Waals surface area contributed by atoms with E-state index in [0.717, 1.165) is 18.4 Å². The lowest BCUT2D eigenvalue weighted by Gasteiger charge is -2.20. The molecule has 0 aliphatic rings. The predicted octanol–water partition coefficient (Wildman–Crippen LogP) is 5.23. The third-order valence-electron chi connectivity index (χ3n) is 5.70. The first-order chi connectivity index (χ1) is 16.0. The summed E-state index contributed by atoms with van der Waals surface area (Å²) in [7, 11) is 0. The van der Waals surface area contributed by atoms with Crippen molar-refractivity contribution in [1.29, 1.82) is 0 Å². The van der Waals surface area contributed by atoms with Gasteiger partial charge in [0.1, 0.15) is 19.8 Å². The molecule has 0 aliphatic carbocycles. The normalized spacial score (nSPS) is 11.1. The second kappa shape index (κ2) is 17.1. The minimum Gasteiger partial charge on any atom is -0.462 e. The molecule has 0 bridgehead atoms. The minimum absolute atomic E-state index is 0.102. The highest BCUT2D eigenvalue weighted by atomic mass is 16.6. The maximum Gasteiger partial charge on any atom is 0.311 e. The molecule has 0 heterocycles. The highest BCUT2D eigenvalue weighted by molar-refractivity contribution is 5.76. The number of unbranched alkanes of at least 4 members (excludes halogenated alkanes) is 2. The van der Waals surface area contributed by atoms with Crippen molar-refractivity contribution in [2.45, 2.75) is 86.7 Å². The van der Waals surface area contributed by atoms with Crippen LogP contribution in [0.1, 0.15) is 85.6 Å². The fourth-order valence-corrected chi connectivity index (χ4v) is 2.32. The monoisotopic (exact) mass is 480 g/mol. The number of carbonyl (C=O) groups excluding carboxylic acids is 3. The first-order valence-electron chi connectivity index (χ1n) is 12.1. The summed E-state index contributed by atoms with van der Waals surface area (Å²) in [5.74, 6) is -0.688. The lowest BCUT2D eigenvalue weighted by Crippen LogP contribution is -2.27. The van der Waals surface area contributed by atoms with Crippen molar-refractivity contribution in [1.82, 2.24) is 0 Å². The molecule has 7 nitrogen and oxygen atoms in total. The van der Waals surface area contributed by atoms with Crippen LogP contribution in [0.25, 0.3) is 0 Å². The van der Waals surface area contributed by atoms with Gasteiger partial charge in [-0.15, -0.1) is 0 Å². The van der Waals surface area contributed by atoms with E-state index in [0.29, 0.717) is 32.3 Å². The molecule has 0 aromatic heterocycles. The molecule has 0 saturated carbocycles. The maximum absolute atomic E-state index is 11.6. The van der Waals surface area contributed by atoms with Crippen LogP contribution in [0.2, 0.25) is 0 Å². The fraction of sp³-hybridized carbons (Fsp3) is 0.667. The SMILES string of the molecule is CCC(C)(C)C(=O)OCCOC(=O)CCCCCO.CCC(C)(C)C(=O)OCc1ccccc1. The Morgan fingerprint density at radius 2 is 1.29 bits per heavy atom. The Morgan fingerprint density at radius 1 is 0.765 bits per heavy atom. The average molecular weight is 481 g/mol. The zero-order valence-corrected chi connectivity index (χ0v) is 21.9. The number of hydrogen-bond acceptors (Lipinski definition) is 7. The molecule has 0 amide bonds. The lowest BCUT2D eigenvalue weighted by molar-refractivity contribution is -0.159. The van der Waals surface area contributed by atoms with Gasteiger partial charge in [-0.2, -0.15) is 0 Å². The van der Waals surface area contributed by atoms with Crippen LogP contribution in [-0.4, -0.2) is 42.8 Å². The van der Waals surface area contributed by atoms with E-state index in [1.165, 1.54) is 0 Å². The largest absolute Gasteiger partial charge is 0.462 e. The van der Waals surface area contributed by atoms with E-state index in [4.69, 9.17) is 19.3 Å². The van der Waals surface area contributed by atoms with Gasteiger partial charge in [-0.05, 0) is 58.9 Å². The van der Waals surface area contributed by atoms with Gasteiger partial charge in [0.25, 0.3) is 0 Å². The average Bonchev–Trinajstić information content (AvgIpc) is 2.83. The number of aliphatic hydroxyl groups excluding tert-OH is 1. The molecule has 1 N–H and O–H groups in total. The van der Waals surface area contributed by atoms with E-state index in [1.807, 2.05) is 71.9 Å². The Hall–Kier alpha value is -2.41. The van der Waals surface area contributed by atoms with Crippen LogP contribution in [0.5, 0.6) is 0 Å². The van der Waals surface area contributed by atoms with Crippen LogP contribution in [0, 0.1) is 10.8 Å². The van der Waals surface area contributed by atoms with E-state index in [-0.39, 0.29) is 43.1 Å². The molecule has 194 valence electrons. The van der Waals surface area contributed by atoms with E-state index >= 15 is 0 Å². The zero-order chi connectivity index (χ0) is 26.0. The van der Waals surface area contributed by atoms with Gasteiger partial charge in [0.05, 0.1) is 10.8 Å². The summed E-state index contributed by atoms with van der Waals surface area (Å²) < 4.78 is 15.2. The standard InChI is InChI=1S/C14H26O5.C13H18O2/c1-4-14(2,3)13(17)19-11-10-18-12(16)8-6-5-7-9-15;1-4-13(2,3)12(14)15-10-11-8-6-5-7-9-11/h15H,4-11H2,1-3H3;5-9H,4,10H2,1-3H3.